The lowest BCUT2D eigenvalue weighted by atomic mass is 10.0. The largest absolute Gasteiger partial charge is 0.494 e. The number of hydrogen-bond donors (Lipinski definition) is 2. The highest BCUT2D eigenvalue weighted by molar-refractivity contribution is 6.31. The molecular formula is C14H16ClFN2O2. The fourth-order valence-electron chi connectivity index (χ4n) is 1.95. The molecule has 0 amide bonds. The maximum Gasteiger partial charge on any atom is 0.145 e. The Morgan fingerprint density at radius 1 is 1.60 bits per heavy atom. The molecule has 0 spiro atoms. The molecule has 0 radical (unpaired) electrons. The van der Waals surface area contributed by atoms with Crippen LogP contribution in [0.2, 0.25) is 0 Å². The molecule has 6 heteroatoms. The molecule has 1 aromatic rings. The summed E-state index contributed by atoms with van der Waals surface area (Å²) in [5.41, 5.74) is 7.05. The van der Waals surface area contributed by atoms with Gasteiger partial charge >= 0.3 is 0 Å². The molecule has 2 atom stereocenters. The van der Waals surface area contributed by atoms with Crippen molar-refractivity contribution in [3.05, 3.63) is 40.7 Å². The summed E-state index contributed by atoms with van der Waals surface area (Å²) >= 11 is 5.84. The van der Waals surface area contributed by atoms with Crippen molar-refractivity contribution in [3.63, 3.8) is 0 Å². The average Bonchev–Trinajstić information content (AvgIpc) is 2.48. The number of pyridine rings is 1. The zero-order valence-corrected chi connectivity index (χ0v) is 11.8. The minimum Gasteiger partial charge on any atom is -0.494 e. The first kappa shape index (κ1) is 15.0. The Hall–Kier alpha value is -1.43. The van der Waals surface area contributed by atoms with Crippen LogP contribution in [0.5, 0.6) is 5.75 Å². The molecular weight excluding hydrogens is 283 g/mol. The highest BCUT2D eigenvalue weighted by Gasteiger charge is 2.20. The maximum absolute atomic E-state index is 13.4. The highest BCUT2D eigenvalue weighted by atomic mass is 35.5. The van der Waals surface area contributed by atoms with E-state index in [1.807, 2.05) is 0 Å². The van der Waals surface area contributed by atoms with Crippen LogP contribution in [0.3, 0.4) is 0 Å². The Kier molecular flexibility index (Phi) is 4.75. The summed E-state index contributed by atoms with van der Waals surface area (Å²) in [6, 6.07) is 3.34. The topological polar surface area (TPSA) is 68.4 Å². The Bertz CT molecular complexity index is 560. The molecule has 2 unspecified atom stereocenters. The Labute approximate surface area is 121 Å². The maximum atomic E-state index is 13.4. The van der Waals surface area contributed by atoms with Crippen LogP contribution in [0.1, 0.15) is 23.9 Å². The van der Waals surface area contributed by atoms with Gasteiger partial charge in [0.1, 0.15) is 23.7 Å². The second-order valence-corrected chi connectivity index (χ2v) is 4.87. The summed E-state index contributed by atoms with van der Waals surface area (Å²) in [5, 5.41) is 9.90. The van der Waals surface area contributed by atoms with Gasteiger partial charge in [-0.2, -0.15) is 0 Å². The first-order valence-electron chi connectivity index (χ1n) is 6.21. The second-order valence-electron chi connectivity index (χ2n) is 4.43. The van der Waals surface area contributed by atoms with Crippen LogP contribution < -0.4 is 10.5 Å². The molecule has 20 heavy (non-hydrogen) atoms. The normalized spacial score (nSPS) is 20.1. The van der Waals surface area contributed by atoms with Gasteiger partial charge in [0, 0.05) is 18.5 Å². The molecule has 2 rings (SSSR count). The molecule has 1 aliphatic rings. The average molecular weight is 299 g/mol. The zero-order chi connectivity index (χ0) is 14.7. The van der Waals surface area contributed by atoms with Gasteiger partial charge in [0.2, 0.25) is 0 Å². The number of aliphatic hydroxyl groups excluding tert-OH is 1. The first-order valence-corrected chi connectivity index (χ1v) is 6.59. The number of hydrogen-bond acceptors (Lipinski definition) is 4. The van der Waals surface area contributed by atoms with Crippen molar-refractivity contribution in [1.82, 2.24) is 4.98 Å². The number of aliphatic hydroxyl groups is 1. The quantitative estimate of drug-likeness (QED) is 0.895. The van der Waals surface area contributed by atoms with Crippen molar-refractivity contribution in [3.8, 4) is 5.75 Å². The summed E-state index contributed by atoms with van der Waals surface area (Å²) in [4.78, 5) is 4.35. The van der Waals surface area contributed by atoms with E-state index in [0.29, 0.717) is 22.7 Å². The van der Waals surface area contributed by atoms with Gasteiger partial charge in [0.25, 0.3) is 0 Å². The van der Waals surface area contributed by atoms with E-state index in [1.54, 1.807) is 18.2 Å². The van der Waals surface area contributed by atoms with Crippen LogP contribution in [-0.4, -0.2) is 29.9 Å². The van der Waals surface area contributed by atoms with Gasteiger partial charge in [-0.05, 0) is 18.2 Å². The van der Waals surface area contributed by atoms with Crippen molar-refractivity contribution in [1.29, 1.82) is 0 Å². The summed E-state index contributed by atoms with van der Waals surface area (Å²) < 4.78 is 18.6. The minimum atomic E-state index is -1.18. The number of ether oxygens (including phenoxy) is 1. The van der Waals surface area contributed by atoms with E-state index in [-0.39, 0.29) is 18.0 Å². The molecule has 3 N–H and O–H groups in total. The number of halogens is 2. The summed E-state index contributed by atoms with van der Waals surface area (Å²) in [7, 11) is 1.52. The molecule has 0 aliphatic heterocycles. The smallest absolute Gasteiger partial charge is 0.145 e. The van der Waals surface area contributed by atoms with Crippen molar-refractivity contribution in [2.75, 3.05) is 13.7 Å². The van der Waals surface area contributed by atoms with Gasteiger partial charge in [-0.1, -0.05) is 17.7 Å². The van der Waals surface area contributed by atoms with Gasteiger partial charge in [0.15, 0.2) is 0 Å². The lowest BCUT2D eigenvalue weighted by Crippen LogP contribution is -2.14. The van der Waals surface area contributed by atoms with E-state index >= 15 is 0 Å². The third-order valence-corrected chi connectivity index (χ3v) is 3.42. The second kappa shape index (κ2) is 6.35. The predicted octanol–water partition coefficient (Wildman–Crippen LogP) is 2.33. The lowest BCUT2D eigenvalue weighted by molar-refractivity contribution is 0.181. The van der Waals surface area contributed by atoms with Crippen molar-refractivity contribution < 1.29 is 14.2 Å². The number of allylic oxidation sites excluding steroid dienone is 4. The molecule has 1 aliphatic carbocycles. The Balaban J connectivity index is 2.44. The number of aromatic nitrogens is 1. The third-order valence-electron chi connectivity index (χ3n) is 3.08. The highest BCUT2D eigenvalue weighted by Crippen LogP contribution is 2.33. The van der Waals surface area contributed by atoms with Crippen molar-refractivity contribution in [2.24, 2.45) is 5.73 Å². The van der Waals surface area contributed by atoms with E-state index in [4.69, 9.17) is 22.1 Å². The molecule has 4 nitrogen and oxygen atoms in total. The number of alkyl halides is 1. The third kappa shape index (κ3) is 3.00. The molecule has 1 heterocycles. The molecule has 1 aromatic heterocycles. The number of nitrogens with zero attached hydrogens (tertiary/aromatic N) is 1. The number of rotatable bonds is 4. The van der Waals surface area contributed by atoms with Crippen LogP contribution in [0.4, 0.5) is 4.39 Å². The molecule has 0 saturated heterocycles. The van der Waals surface area contributed by atoms with E-state index < -0.39 is 12.3 Å². The summed E-state index contributed by atoms with van der Waals surface area (Å²) in [5.74, 6) is 0.530. The summed E-state index contributed by atoms with van der Waals surface area (Å²) in [6.45, 7) is 0.0704. The van der Waals surface area contributed by atoms with Gasteiger partial charge in [-0.3, -0.25) is 0 Å². The molecule has 0 saturated carbocycles. The SMILES string of the molecule is COc1ccc(C(O)CN)nc1C1=CCC(F)C(Cl)=C1. The Morgan fingerprint density at radius 2 is 2.35 bits per heavy atom. The van der Waals surface area contributed by atoms with Gasteiger partial charge in [0.05, 0.1) is 17.8 Å². The summed E-state index contributed by atoms with van der Waals surface area (Å²) in [6.07, 6.45) is 1.40. The van der Waals surface area contributed by atoms with E-state index in [0.717, 1.165) is 0 Å². The lowest BCUT2D eigenvalue weighted by Gasteiger charge is -2.17. The van der Waals surface area contributed by atoms with Crippen LogP contribution in [0, 0.1) is 0 Å². The van der Waals surface area contributed by atoms with Crippen LogP contribution in [0.25, 0.3) is 5.57 Å². The minimum absolute atomic E-state index is 0.0704. The van der Waals surface area contributed by atoms with Crippen LogP contribution >= 0.6 is 11.6 Å². The van der Waals surface area contributed by atoms with E-state index in [2.05, 4.69) is 4.98 Å². The predicted molar refractivity (Wildman–Crippen MR) is 76.2 cm³/mol. The molecule has 0 bridgehead atoms. The van der Waals surface area contributed by atoms with Crippen LogP contribution in [-0.2, 0) is 0 Å². The Morgan fingerprint density at radius 3 is 2.95 bits per heavy atom. The zero-order valence-electron chi connectivity index (χ0n) is 11.0. The fourth-order valence-corrected chi connectivity index (χ4v) is 2.15. The molecule has 0 aromatic carbocycles. The fraction of sp³-hybridized carbons (Fsp3) is 0.357. The van der Waals surface area contributed by atoms with E-state index in [9.17, 15) is 9.50 Å². The van der Waals surface area contributed by atoms with Crippen LogP contribution in [0.15, 0.2) is 29.3 Å². The van der Waals surface area contributed by atoms with Crippen molar-refractivity contribution in [2.45, 2.75) is 18.7 Å². The molecule has 0 fully saturated rings. The monoisotopic (exact) mass is 298 g/mol. The van der Waals surface area contributed by atoms with Crippen molar-refractivity contribution >= 4 is 17.2 Å². The number of nitrogens with two attached hydrogens (primary N) is 1. The molecule has 108 valence electrons. The van der Waals surface area contributed by atoms with Gasteiger partial charge in [-0.25, -0.2) is 9.37 Å². The number of methoxy groups -OCH3 is 1. The van der Waals surface area contributed by atoms with Gasteiger partial charge in [-0.15, -0.1) is 0 Å². The van der Waals surface area contributed by atoms with E-state index in [1.165, 1.54) is 13.2 Å². The standard InChI is InChI=1S/C14H16ClFN2O2/c1-20-13-5-4-11(12(19)7-17)18-14(13)8-2-3-10(16)9(15)6-8/h2,4-6,10,12,19H,3,7,17H2,1H3. The van der Waals surface area contributed by atoms with Gasteiger partial charge < -0.3 is 15.6 Å². The first-order chi connectivity index (χ1) is 9.56.